The second kappa shape index (κ2) is 6.01. The molecule has 2 amide bonds. The average molecular weight is 361 g/mol. The summed E-state index contributed by atoms with van der Waals surface area (Å²) in [5.41, 5.74) is 1.11. The van der Waals surface area contributed by atoms with E-state index >= 15 is 0 Å². The Balaban J connectivity index is 1.99. The lowest BCUT2D eigenvalue weighted by Crippen LogP contribution is -2.31. The number of carbonyl (C=O) groups is 2. The molecule has 0 spiro atoms. The Hall–Kier alpha value is -3.09. The highest BCUT2D eigenvalue weighted by molar-refractivity contribution is 6.44. The number of halogens is 3. The molecule has 0 aromatic heterocycles. The lowest BCUT2D eigenvalue weighted by molar-refractivity contribution is -0.137. The number of anilines is 1. The zero-order valence-corrected chi connectivity index (χ0v) is 13.9. The minimum Gasteiger partial charge on any atom is -0.502 e. The van der Waals surface area contributed by atoms with Crippen LogP contribution < -0.4 is 4.90 Å². The monoisotopic (exact) mass is 361 g/mol. The number of amides is 2. The van der Waals surface area contributed by atoms with Crippen LogP contribution in [0.25, 0.3) is 5.57 Å². The fourth-order valence-corrected chi connectivity index (χ4v) is 2.71. The number of carbonyl (C=O) groups excluding carboxylic acids is 2. The number of aliphatic hydroxyl groups excluding tert-OH is 1. The molecular weight excluding hydrogens is 347 g/mol. The van der Waals surface area contributed by atoms with Gasteiger partial charge in [-0.15, -0.1) is 0 Å². The maximum Gasteiger partial charge on any atom is 0.416 e. The van der Waals surface area contributed by atoms with Crippen LogP contribution in [-0.4, -0.2) is 16.9 Å². The molecule has 1 heterocycles. The standard InChI is InChI=1S/C19H14F3NO3/c1-10-3-4-12(9-11(10)2)15-16(24)18(26)23(17(15)25)14-7-5-13(6-8-14)19(20,21)22/h3-9,24H,1-2H3. The summed E-state index contributed by atoms with van der Waals surface area (Å²) in [4.78, 5) is 25.6. The summed E-state index contributed by atoms with van der Waals surface area (Å²) in [5, 5.41) is 10.1. The zero-order valence-electron chi connectivity index (χ0n) is 13.9. The Morgan fingerprint density at radius 1 is 0.885 bits per heavy atom. The topological polar surface area (TPSA) is 57.6 Å². The van der Waals surface area contributed by atoms with Crippen LogP contribution in [0.5, 0.6) is 0 Å². The number of hydrogen-bond acceptors (Lipinski definition) is 3. The van der Waals surface area contributed by atoms with E-state index in [0.29, 0.717) is 10.5 Å². The number of hydrogen-bond donors (Lipinski definition) is 1. The van der Waals surface area contributed by atoms with Gasteiger partial charge in [-0.25, -0.2) is 4.90 Å². The molecule has 0 radical (unpaired) electrons. The first-order chi connectivity index (χ1) is 12.1. The van der Waals surface area contributed by atoms with Gasteiger partial charge in [0.25, 0.3) is 5.91 Å². The number of rotatable bonds is 2. The molecule has 3 rings (SSSR count). The van der Waals surface area contributed by atoms with Gasteiger partial charge in [0.2, 0.25) is 0 Å². The Bertz CT molecular complexity index is 943. The van der Waals surface area contributed by atoms with E-state index < -0.39 is 29.3 Å². The van der Waals surface area contributed by atoms with Crippen LogP contribution in [0.2, 0.25) is 0 Å². The Labute approximate surface area is 147 Å². The molecule has 4 nitrogen and oxygen atoms in total. The summed E-state index contributed by atoms with van der Waals surface area (Å²) in [6.07, 6.45) is -4.53. The van der Waals surface area contributed by atoms with Gasteiger partial charge in [-0.05, 0) is 54.8 Å². The SMILES string of the molecule is Cc1ccc(C2=C(O)C(=O)N(c3ccc(C(F)(F)F)cc3)C2=O)cc1C. The Kier molecular flexibility index (Phi) is 4.10. The molecule has 1 aliphatic rings. The van der Waals surface area contributed by atoms with Crippen LogP contribution in [0.3, 0.4) is 0 Å². The summed E-state index contributed by atoms with van der Waals surface area (Å²) in [5.74, 6) is -2.48. The second-order valence-corrected chi connectivity index (χ2v) is 6.01. The van der Waals surface area contributed by atoms with Gasteiger partial charge in [0.05, 0.1) is 16.8 Å². The van der Waals surface area contributed by atoms with Crippen molar-refractivity contribution in [2.24, 2.45) is 0 Å². The molecule has 2 aromatic carbocycles. The highest BCUT2D eigenvalue weighted by atomic mass is 19.4. The van der Waals surface area contributed by atoms with E-state index in [4.69, 9.17) is 0 Å². The highest BCUT2D eigenvalue weighted by Gasteiger charge is 2.40. The molecule has 26 heavy (non-hydrogen) atoms. The highest BCUT2D eigenvalue weighted by Crippen LogP contribution is 2.35. The van der Waals surface area contributed by atoms with Crippen molar-refractivity contribution in [1.82, 2.24) is 0 Å². The molecule has 0 saturated heterocycles. The van der Waals surface area contributed by atoms with Crippen molar-refractivity contribution < 1.29 is 27.9 Å². The van der Waals surface area contributed by atoms with E-state index in [9.17, 15) is 27.9 Å². The van der Waals surface area contributed by atoms with Gasteiger partial charge in [-0.1, -0.05) is 18.2 Å². The van der Waals surface area contributed by atoms with Gasteiger partial charge in [0, 0.05) is 0 Å². The number of nitrogens with zero attached hydrogens (tertiary/aromatic N) is 1. The van der Waals surface area contributed by atoms with Crippen molar-refractivity contribution in [3.63, 3.8) is 0 Å². The van der Waals surface area contributed by atoms with Gasteiger partial charge < -0.3 is 5.11 Å². The molecule has 7 heteroatoms. The van der Waals surface area contributed by atoms with Gasteiger partial charge in [-0.3, -0.25) is 9.59 Å². The first kappa shape index (κ1) is 17.7. The van der Waals surface area contributed by atoms with Crippen LogP contribution in [0, 0.1) is 13.8 Å². The maximum atomic E-state index is 12.7. The van der Waals surface area contributed by atoms with Crippen LogP contribution in [0.4, 0.5) is 18.9 Å². The molecule has 0 aliphatic carbocycles. The quantitative estimate of drug-likeness (QED) is 0.817. The molecule has 134 valence electrons. The van der Waals surface area contributed by atoms with Gasteiger partial charge >= 0.3 is 12.1 Å². The van der Waals surface area contributed by atoms with E-state index in [1.165, 1.54) is 0 Å². The molecule has 0 saturated carbocycles. The van der Waals surface area contributed by atoms with Crippen LogP contribution in [0.15, 0.2) is 48.2 Å². The van der Waals surface area contributed by atoms with E-state index in [0.717, 1.165) is 35.4 Å². The molecule has 2 aromatic rings. The number of aliphatic hydroxyl groups is 1. The fourth-order valence-electron chi connectivity index (χ4n) is 2.71. The average Bonchev–Trinajstić information content (AvgIpc) is 2.79. The summed E-state index contributed by atoms with van der Waals surface area (Å²) >= 11 is 0. The van der Waals surface area contributed by atoms with E-state index in [1.807, 2.05) is 13.8 Å². The molecule has 1 N–H and O–H groups in total. The van der Waals surface area contributed by atoms with E-state index in [-0.39, 0.29) is 11.3 Å². The number of benzene rings is 2. The molecule has 0 fully saturated rings. The summed E-state index contributed by atoms with van der Waals surface area (Å²) in [6.45, 7) is 3.70. The third-order valence-electron chi connectivity index (χ3n) is 4.31. The van der Waals surface area contributed by atoms with Gasteiger partial charge in [0.1, 0.15) is 0 Å². The minimum absolute atomic E-state index is 0.0432. The molecule has 1 aliphatic heterocycles. The van der Waals surface area contributed by atoms with Crippen LogP contribution in [-0.2, 0) is 15.8 Å². The molecule has 0 bridgehead atoms. The van der Waals surface area contributed by atoms with Crippen molar-refractivity contribution in [3.8, 4) is 0 Å². The number of alkyl halides is 3. The van der Waals surface area contributed by atoms with Crippen LogP contribution >= 0.6 is 0 Å². The molecule has 0 unspecified atom stereocenters. The van der Waals surface area contributed by atoms with Crippen molar-refractivity contribution >= 4 is 23.1 Å². The first-order valence-electron chi connectivity index (χ1n) is 7.68. The fraction of sp³-hybridized carbons (Fsp3) is 0.158. The van der Waals surface area contributed by atoms with Gasteiger partial charge in [-0.2, -0.15) is 13.2 Å². The third kappa shape index (κ3) is 2.85. The predicted molar refractivity (Wildman–Crippen MR) is 89.4 cm³/mol. The van der Waals surface area contributed by atoms with Crippen LogP contribution in [0.1, 0.15) is 22.3 Å². The second-order valence-electron chi connectivity index (χ2n) is 6.01. The molecular formula is C19H14F3NO3. The van der Waals surface area contributed by atoms with Gasteiger partial charge in [0.15, 0.2) is 5.76 Å². The first-order valence-corrected chi connectivity index (χ1v) is 7.68. The number of imide groups is 1. The van der Waals surface area contributed by atoms with Crippen molar-refractivity contribution in [1.29, 1.82) is 0 Å². The summed E-state index contributed by atoms with van der Waals surface area (Å²) in [7, 11) is 0. The molecule has 0 atom stereocenters. The third-order valence-corrected chi connectivity index (χ3v) is 4.31. The lowest BCUT2D eigenvalue weighted by Gasteiger charge is -2.16. The Morgan fingerprint density at radius 2 is 1.50 bits per heavy atom. The van der Waals surface area contributed by atoms with Crippen molar-refractivity contribution in [2.75, 3.05) is 4.90 Å². The zero-order chi connectivity index (χ0) is 19.2. The normalized spacial score (nSPS) is 15.2. The number of aryl methyl sites for hydroxylation is 2. The predicted octanol–water partition coefficient (Wildman–Crippen LogP) is 4.16. The van der Waals surface area contributed by atoms with Crippen molar-refractivity contribution in [3.05, 3.63) is 70.5 Å². The van der Waals surface area contributed by atoms with E-state index in [2.05, 4.69) is 0 Å². The van der Waals surface area contributed by atoms with Crippen molar-refractivity contribution in [2.45, 2.75) is 20.0 Å². The smallest absolute Gasteiger partial charge is 0.416 e. The lowest BCUT2D eigenvalue weighted by atomic mass is 10.00. The minimum atomic E-state index is -4.53. The Morgan fingerprint density at radius 3 is 2.04 bits per heavy atom. The largest absolute Gasteiger partial charge is 0.502 e. The summed E-state index contributed by atoms with van der Waals surface area (Å²) in [6, 6.07) is 8.63. The maximum absolute atomic E-state index is 12.7. The van der Waals surface area contributed by atoms with E-state index in [1.54, 1.807) is 18.2 Å². The summed E-state index contributed by atoms with van der Waals surface area (Å²) < 4.78 is 38.0.